The van der Waals surface area contributed by atoms with Gasteiger partial charge in [-0.05, 0) is 18.8 Å². The highest BCUT2D eigenvalue weighted by molar-refractivity contribution is 4.67. The number of ether oxygens (including phenoxy) is 1. The van der Waals surface area contributed by atoms with E-state index in [1.54, 1.807) is 0 Å². The van der Waals surface area contributed by atoms with E-state index in [1.165, 1.54) is 6.42 Å². The van der Waals surface area contributed by atoms with Crippen LogP contribution in [0.5, 0.6) is 0 Å². The van der Waals surface area contributed by atoms with Crippen LogP contribution in [0.15, 0.2) is 0 Å². The minimum absolute atomic E-state index is 0.348. The Balaban J connectivity index is 2.18. The largest absolute Gasteiger partial charge is 0.377 e. The van der Waals surface area contributed by atoms with Gasteiger partial charge in [0.15, 0.2) is 0 Å². The molecule has 0 spiro atoms. The average molecular weight is 129 g/mol. The monoisotopic (exact) mass is 129 g/mol. The summed E-state index contributed by atoms with van der Waals surface area (Å²) in [7, 11) is 0. The van der Waals surface area contributed by atoms with Crippen molar-refractivity contribution in [1.29, 1.82) is 0 Å². The lowest BCUT2D eigenvalue weighted by atomic mass is 10.0. The summed E-state index contributed by atoms with van der Waals surface area (Å²) in [6, 6.07) is 0. The molecule has 0 radical (unpaired) electrons. The molecule has 0 aliphatic carbocycles. The normalized spacial score (nSPS) is 36.7. The fourth-order valence-corrected chi connectivity index (χ4v) is 1.12. The molecule has 0 unspecified atom stereocenters. The Bertz CT molecular complexity index is 77.0. The zero-order valence-electron chi connectivity index (χ0n) is 5.97. The maximum atomic E-state index is 5.42. The predicted molar refractivity (Wildman–Crippen MR) is 37.2 cm³/mol. The van der Waals surface area contributed by atoms with E-state index in [0.29, 0.717) is 12.6 Å². The third-order valence-electron chi connectivity index (χ3n) is 1.86. The van der Waals surface area contributed by atoms with Crippen molar-refractivity contribution in [2.45, 2.75) is 25.9 Å². The van der Waals surface area contributed by atoms with Crippen molar-refractivity contribution in [3.05, 3.63) is 0 Å². The van der Waals surface area contributed by atoms with Crippen LogP contribution >= 0.6 is 0 Å². The highest BCUT2D eigenvalue weighted by Gasteiger charge is 2.16. The first-order chi connectivity index (χ1) is 4.33. The Morgan fingerprint density at radius 2 is 2.33 bits per heavy atom. The lowest BCUT2D eigenvalue weighted by Gasteiger charge is -2.25. The van der Waals surface area contributed by atoms with E-state index >= 15 is 0 Å². The third kappa shape index (κ3) is 1.95. The SMILES string of the molecule is C[C@H]1CC[C@@H](CN)OC1. The molecule has 2 heteroatoms. The van der Waals surface area contributed by atoms with Crippen LogP contribution in [0.1, 0.15) is 19.8 Å². The van der Waals surface area contributed by atoms with E-state index in [2.05, 4.69) is 6.92 Å². The van der Waals surface area contributed by atoms with Crippen molar-refractivity contribution in [3.8, 4) is 0 Å². The topological polar surface area (TPSA) is 35.2 Å². The number of nitrogens with two attached hydrogens (primary N) is 1. The van der Waals surface area contributed by atoms with Gasteiger partial charge in [-0.2, -0.15) is 0 Å². The van der Waals surface area contributed by atoms with Crippen LogP contribution in [0.2, 0.25) is 0 Å². The van der Waals surface area contributed by atoms with Gasteiger partial charge in [-0.25, -0.2) is 0 Å². The van der Waals surface area contributed by atoms with Gasteiger partial charge in [0, 0.05) is 13.2 Å². The standard InChI is InChI=1S/C7H15NO/c1-6-2-3-7(4-8)9-5-6/h6-7H,2-5,8H2,1H3/t6-,7-/m0/s1. The Morgan fingerprint density at radius 3 is 2.78 bits per heavy atom. The van der Waals surface area contributed by atoms with Crippen LogP contribution < -0.4 is 5.73 Å². The molecule has 1 heterocycles. The van der Waals surface area contributed by atoms with Gasteiger partial charge in [-0.3, -0.25) is 0 Å². The van der Waals surface area contributed by atoms with Crippen LogP contribution in [-0.4, -0.2) is 19.3 Å². The molecule has 0 aromatic rings. The molecule has 1 aliphatic rings. The van der Waals surface area contributed by atoms with Crippen LogP contribution in [0.4, 0.5) is 0 Å². The summed E-state index contributed by atoms with van der Waals surface area (Å²) in [4.78, 5) is 0. The van der Waals surface area contributed by atoms with Crippen LogP contribution in [0.25, 0.3) is 0 Å². The summed E-state index contributed by atoms with van der Waals surface area (Å²) in [5.74, 6) is 0.743. The predicted octanol–water partition coefficient (Wildman–Crippen LogP) is 0.760. The first-order valence-electron chi connectivity index (χ1n) is 3.64. The molecule has 2 nitrogen and oxygen atoms in total. The van der Waals surface area contributed by atoms with Gasteiger partial charge in [0.2, 0.25) is 0 Å². The summed E-state index contributed by atoms with van der Waals surface area (Å²) in [5, 5.41) is 0. The van der Waals surface area contributed by atoms with E-state index in [4.69, 9.17) is 10.5 Å². The van der Waals surface area contributed by atoms with Gasteiger partial charge in [0.05, 0.1) is 6.10 Å². The highest BCUT2D eigenvalue weighted by Crippen LogP contribution is 2.16. The fourth-order valence-electron chi connectivity index (χ4n) is 1.12. The second-order valence-corrected chi connectivity index (χ2v) is 2.87. The lowest BCUT2D eigenvalue weighted by Crippen LogP contribution is -2.30. The Labute approximate surface area is 56.4 Å². The molecule has 1 aliphatic heterocycles. The van der Waals surface area contributed by atoms with Gasteiger partial charge in [0.25, 0.3) is 0 Å². The molecule has 1 fully saturated rings. The molecule has 0 amide bonds. The molecule has 0 aromatic carbocycles. The zero-order chi connectivity index (χ0) is 6.69. The van der Waals surface area contributed by atoms with E-state index in [1.807, 2.05) is 0 Å². The number of hydrogen-bond acceptors (Lipinski definition) is 2. The minimum atomic E-state index is 0.348. The van der Waals surface area contributed by atoms with Crippen molar-refractivity contribution in [2.75, 3.05) is 13.2 Å². The summed E-state index contributed by atoms with van der Waals surface area (Å²) in [6.07, 6.45) is 2.78. The number of rotatable bonds is 1. The quantitative estimate of drug-likeness (QED) is 0.567. The van der Waals surface area contributed by atoms with Gasteiger partial charge in [0.1, 0.15) is 0 Å². The molecule has 1 saturated heterocycles. The maximum absolute atomic E-state index is 5.42. The third-order valence-corrected chi connectivity index (χ3v) is 1.86. The molecule has 1 rings (SSSR count). The summed E-state index contributed by atoms with van der Waals surface area (Å²) in [6.45, 7) is 3.81. The fraction of sp³-hybridized carbons (Fsp3) is 1.00. The van der Waals surface area contributed by atoms with Crippen LogP contribution in [-0.2, 0) is 4.74 Å². The smallest absolute Gasteiger partial charge is 0.0697 e. The van der Waals surface area contributed by atoms with Crippen molar-refractivity contribution >= 4 is 0 Å². The van der Waals surface area contributed by atoms with E-state index in [0.717, 1.165) is 18.9 Å². The van der Waals surface area contributed by atoms with Gasteiger partial charge in [-0.1, -0.05) is 6.92 Å². The lowest BCUT2D eigenvalue weighted by molar-refractivity contribution is -0.00521. The van der Waals surface area contributed by atoms with Crippen molar-refractivity contribution < 1.29 is 4.74 Å². The molecule has 2 N–H and O–H groups in total. The highest BCUT2D eigenvalue weighted by atomic mass is 16.5. The summed E-state index contributed by atoms with van der Waals surface area (Å²) >= 11 is 0. The van der Waals surface area contributed by atoms with E-state index in [9.17, 15) is 0 Å². The summed E-state index contributed by atoms with van der Waals surface area (Å²) < 4.78 is 5.41. The van der Waals surface area contributed by atoms with Gasteiger partial charge >= 0.3 is 0 Å². The number of hydrogen-bond donors (Lipinski definition) is 1. The van der Waals surface area contributed by atoms with Crippen LogP contribution in [0, 0.1) is 5.92 Å². The van der Waals surface area contributed by atoms with Gasteiger partial charge < -0.3 is 10.5 Å². The van der Waals surface area contributed by atoms with Gasteiger partial charge in [-0.15, -0.1) is 0 Å². The zero-order valence-corrected chi connectivity index (χ0v) is 5.97. The molecule has 0 saturated carbocycles. The van der Waals surface area contributed by atoms with E-state index < -0.39 is 0 Å². The summed E-state index contributed by atoms with van der Waals surface area (Å²) in [5.41, 5.74) is 5.42. The molecule has 0 aromatic heterocycles. The van der Waals surface area contributed by atoms with Crippen molar-refractivity contribution in [2.24, 2.45) is 11.7 Å². The molecule has 54 valence electrons. The second-order valence-electron chi connectivity index (χ2n) is 2.87. The average Bonchev–Trinajstić information content (AvgIpc) is 1.90. The Kier molecular flexibility index (Phi) is 2.49. The maximum Gasteiger partial charge on any atom is 0.0697 e. The Hall–Kier alpha value is -0.0800. The van der Waals surface area contributed by atoms with E-state index in [-0.39, 0.29) is 0 Å². The minimum Gasteiger partial charge on any atom is -0.377 e. The van der Waals surface area contributed by atoms with Crippen LogP contribution in [0.3, 0.4) is 0 Å². The van der Waals surface area contributed by atoms with Crippen molar-refractivity contribution in [1.82, 2.24) is 0 Å². The Morgan fingerprint density at radius 1 is 1.56 bits per heavy atom. The first kappa shape index (κ1) is 7.03. The molecular formula is C7H15NO. The second kappa shape index (κ2) is 3.18. The molecule has 2 atom stereocenters. The first-order valence-corrected chi connectivity index (χ1v) is 3.64. The molecular weight excluding hydrogens is 114 g/mol. The van der Waals surface area contributed by atoms with Crippen molar-refractivity contribution in [3.63, 3.8) is 0 Å². The molecule has 9 heavy (non-hydrogen) atoms. The molecule has 0 bridgehead atoms.